The van der Waals surface area contributed by atoms with Crippen molar-refractivity contribution in [2.24, 2.45) is 5.92 Å². The van der Waals surface area contributed by atoms with E-state index in [4.69, 9.17) is 4.74 Å². The van der Waals surface area contributed by atoms with Crippen LogP contribution in [-0.2, 0) is 20.7 Å². The second-order valence-electron chi connectivity index (χ2n) is 7.34. The number of esters is 1. The first-order valence-electron chi connectivity index (χ1n) is 9.95. The Morgan fingerprint density at radius 1 is 1.03 bits per heavy atom. The first-order valence-corrected chi connectivity index (χ1v) is 9.95. The van der Waals surface area contributed by atoms with Crippen molar-refractivity contribution in [1.29, 1.82) is 0 Å². The molecule has 0 aliphatic heterocycles. The van der Waals surface area contributed by atoms with Crippen LogP contribution < -0.4 is 5.32 Å². The Labute approximate surface area is 176 Å². The van der Waals surface area contributed by atoms with Gasteiger partial charge in [0.25, 0.3) is 0 Å². The van der Waals surface area contributed by atoms with Crippen molar-refractivity contribution in [1.82, 2.24) is 15.1 Å². The van der Waals surface area contributed by atoms with E-state index in [-0.39, 0.29) is 18.3 Å². The van der Waals surface area contributed by atoms with Gasteiger partial charge in [-0.3, -0.25) is 9.59 Å². The highest BCUT2D eigenvalue weighted by molar-refractivity contribution is 5.81. The summed E-state index contributed by atoms with van der Waals surface area (Å²) in [4.78, 5) is 25.1. The largest absolute Gasteiger partial charge is 0.469 e. The normalized spacial score (nSPS) is 12.8. The van der Waals surface area contributed by atoms with E-state index in [1.165, 1.54) is 7.11 Å². The molecule has 0 saturated heterocycles. The second kappa shape index (κ2) is 9.39. The molecule has 3 aromatic rings. The summed E-state index contributed by atoms with van der Waals surface area (Å²) in [5.74, 6) is -1.05. The van der Waals surface area contributed by atoms with Crippen LogP contribution in [0.5, 0.6) is 0 Å². The Bertz CT molecular complexity index is 1010. The van der Waals surface area contributed by atoms with Gasteiger partial charge in [0.05, 0.1) is 36.9 Å². The van der Waals surface area contributed by atoms with E-state index in [9.17, 15) is 9.59 Å². The smallest absolute Gasteiger partial charge is 0.310 e. The summed E-state index contributed by atoms with van der Waals surface area (Å²) in [7, 11) is 1.35. The zero-order valence-electron chi connectivity index (χ0n) is 17.8. The number of nitrogens with zero attached hydrogens (tertiary/aromatic N) is 2. The number of ether oxygens (including phenoxy) is 1. The Morgan fingerprint density at radius 3 is 2.23 bits per heavy atom. The van der Waals surface area contributed by atoms with Crippen molar-refractivity contribution in [3.05, 3.63) is 83.2 Å². The Morgan fingerprint density at radius 2 is 1.63 bits per heavy atom. The fourth-order valence-electron chi connectivity index (χ4n) is 3.62. The van der Waals surface area contributed by atoms with Gasteiger partial charge in [-0.1, -0.05) is 48.5 Å². The SMILES string of the molecule is COC(=O)[C@@H](C)[C@H](NC(=O)Cc1c(C)nn(-c2ccccc2)c1C)c1ccccc1. The van der Waals surface area contributed by atoms with Gasteiger partial charge in [0.2, 0.25) is 5.91 Å². The summed E-state index contributed by atoms with van der Waals surface area (Å²) in [6.45, 7) is 5.62. The highest BCUT2D eigenvalue weighted by Crippen LogP contribution is 2.24. The van der Waals surface area contributed by atoms with E-state index >= 15 is 0 Å². The molecule has 6 nitrogen and oxygen atoms in total. The van der Waals surface area contributed by atoms with Crippen LogP contribution in [0.15, 0.2) is 60.7 Å². The number of hydrogen-bond donors (Lipinski definition) is 1. The zero-order chi connectivity index (χ0) is 21.7. The number of amides is 1. The van der Waals surface area contributed by atoms with Crippen molar-refractivity contribution in [3.63, 3.8) is 0 Å². The van der Waals surface area contributed by atoms with Gasteiger partial charge in [-0.05, 0) is 38.5 Å². The van der Waals surface area contributed by atoms with Crippen molar-refractivity contribution < 1.29 is 14.3 Å². The molecule has 30 heavy (non-hydrogen) atoms. The number of para-hydroxylation sites is 1. The number of carbonyl (C=O) groups is 2. The molecule has 0 saturated carbocycles. The van der Waals surface area contributed by atoms with Crippen LogP contribution in [0.3, 0.4) is 0 Å². The maximum atomic E-state index is 13.0. The number of nitrogens with one attached hydrogen (secondary N) is 1. The predicted octanol–water partition coefficient (Wildman–Crippen LogP) is 3.70. The quantitative estimate of drug-likeness (QED) is 0.609. The van der Waals surface area contributed by atoms with Gasteiger partial charge < -0.3 is 10.1 Å². The molecule has 0 unspecified atom stereocenters. The fourth-order valence-corrected chi connectivity index (χ4v) is 3.62. The molecule has 0 bridgehead atoms. The topological polar surface area (TPSA) is 73.2 Å². The zero-order valence-corrected chi connectivity index (χ0v) is 17.8. The van der Waals surface area contributed by atoms with Crippen LogP contribution in [0.1, 0.15) is 35.5 Å². The molecule has 156 valence electrons. The minimum Gasteiger partial charge on any atom is -0.469 e. The number of aryl methyl sites for hydroxylation is 1. The molecule has 1 amide bonds. The molecule has 1 heterocycles. The summed E-state index contributed by atoms with van der Waals surface area (Å²) >= 11 is 0. The molecule has 1 N–H and O–H groups in total. The van der Waals surface area contributed by atoms with Gasteiger partial charge in [-0.15, -0.1) is 0 Å². The van der Waals surface area contributed by atoms with E-state index in [0.29, 0.717) is 0 Å². The van der Waals surface area contributed by atoms with Crippen molar-refractivity contribution in [2.45, 2.75) is 33.2 Å². The molecule has 2 aromatic carbocycles. The van der Waals surface area contributed by atoms with Gasteiger partial charge in [-0.2, -0.15) is 5.10 Å². The minimum atomic E-state index is -0.518. The summed E-state index contributed by atoms with van der Waals surface area (Å²) in [5, 5.41) is 7.63. The van der Waals surface area contributed by atoms with E-state index < -0.39 is 12.0 Å². The minimum absolute atomic E-state index is 0.168. The number of methoxy groups -OCH3 is 1. The first kappa shape index (κ1) is 21.3. The second-order valence-corrected chi connectivity index (χ2v) is 7.34. The van der Waals surface area contributed by atoms with Crippen molar-refractivity contribution >= 4 is 11.9 Å². The third-order valence-electron chi connectivity index (χ3n) is 5.33. The van der Waals surface area contributed by atoms with Gasteiger partial charge >= 0.3 is 5.97 Å². The van der Waals surface area contributed by atoms with Gasteiger partial charge in [-0.25, -0.2) is 4.68 Å². The van der Waals surface area contributed by atoms with Gasteiger partial charge in [0, 0.05) is 11.3 Å². The third-order valence-corrected chi connectivity index (χ3v) is 5.33. The van der Waals surface area contributed by atoms with Crippen LogP contribution >= 0.6 is 0 Å². The Balaban J connectivity index is 1.82. The number of carbonyl (C=O) groups excluding carboxylic acids is 2. The lowest BCUT2D eigenvalue weighted by atomic mass is 9.94. The summed E-state index contributed by atoms with van der Waals surface area (Å²) in [5.41, 5.74) is 4.42. The maximum Gasteiger partial charge on any atom is 0.310 e. The average molecular weight is 405 g/mol. The Kier molecular flexibility index (Phi) is 6.67. The molecule has 0 spiro atoms. The summed E-state index contributed by atoms with van der Waals surface area (Å²) < 4.78 is 6.75. The number of rotatable bonds is 7. The average Bonchev–Trinajstić information content (AvgIpc) is 3.06. The molecule has 0 fully saturated rings. The lowest BCUT2D eigenvalue weighted by Gasteiger charge is -2.24. The van der Waals surface area contributed by atoms with E-state index in [1.54, 1.807) is 6.92 Å². The molecule has 1 aromatic heterocycles. The number of hydrogen-bond acceptors (Lipinski definition) is 4. The molecule has 0 aliphatic rings. The van der Waals surface area contributed by atoms with E-state index in [0.717, 1.165) is 28.2 Å². The highest BCUT2D eigenvalue weighted by atomic mass is 16.5. The molecule has 3 rings (SSSR count). The molecule has 0 radical (unpaired) electrons. The molecule has 2 atom stereocenters. The van der Waals surface area contributed by atoms with E-state index in [2.05, 4.69) is 10.4 Å². The predicted molar refractivity (Wildman–Crippen MR) is 115 cm³/mol. The third kappa shape index (κ3) is 4.59. The highest BCUT2D eigenvalue weighted by Gasteiger charge is 2.28. The lowest BCUT2D eigenvalue weighted by Crippen LogP contribution is -2.37. The van der Waals surface area contributed by atoms with Crippen LogP contribution in [0, 0.1) is 19.8 Å². The summed E-state index contributed by atoms with van der Waals surface area (Å²) in [6, 6.07) is 18.8. The van der Waals surface area contributed by atoms with Crippen LogP contribution in [-0.4, -0.2) is 28.8 Å². The lowest BCUT2D eigenvalue weighted by molar-refractivity contribution is -0.146. The van der Waals surface area contributed by atoms with Crippen LogP contribution in [0.2, 0.25) is 0 Å². The fraction of sp³-hybridized carbons (Fsp3) is 0.292. The number of aromatic nitrogens is 2. The Hall–Kier alpha value is -3.41. The van der Waals surface area contributed by atoms with Crippen LogP contribution in [0.4, 0.5) is 0 Å². The molecular formula is C24H27N3O3. The monoisotopic (exact) mass is 405 g/mol. The van der Waals surface area contributed by atoms with E-state index in [1.807, 2.05) is 79.2 Å². The van der Waals surface area contributed by atoms with Gasteiger partial charge in [0.15, 0.2) is 0 Å². The van der Waals surface area contributed by atoms with Crippen molar-refractivity contribution in [3.8, 4) is 5.69 Å². The van der Waals surface area contributed by atoms with Crippen molar-refractivity contribution in [2.75, 3.05) is 7.11 Å². The molecule has 6 heteroatoms. The van der Waals surface area contributed by atoms with Gasteiger partial charge in [0.1, 0.15) is 0 Å². The molecule has 0 aliphatic carbocycles. The standard InChI is InChI=1S/C24H27N3O3/c1-16(24(29)30-4)23(19-11-7-5-8-12-19)25-22(28)15-21-17(2)26-27(18(21)3)20-13-9-6-10-14-20/h5-14,16,23H,15H2,1-4H3,(H,25,28)/t16-,23-/m0/s1. The number of benzene rings is 2. The maximum absolute atomic E-state index is 13.0. The molecular weight excluding hydrogens is 378 g/mol. The summed E-state index contributed by atoms with van der Waals surface area (Å²) in [6.07, 6.45) is 0.182. The van der Waals surface area contributed by atoms with Crippen LogP contribution in [0.25, 0.3) is 5.69 Å². The first-order chi connectivity index (χ1) is 14.4.